The highest BCUT2D eigenvalue weighted by molar-refractivity contribution is 7.89. The van der Waals surface area contributed by atoms with Gasteiger partial charge in [0.1, 0.15) is 5.82 Å². The van der Waals surface area contributed by atoms with Crippen molar-refractivity contribution >= 4 is 27.6 Å². The van der Waals surface area contributed by atoms with Crippen LogP contribution in [0.3, 0.4) is 0 Å². The summed E-state index contributed by atoms with van der Waals surface area (Å²) < 4.78 is 35.4. The number of carbonyl (C=O) groups is 2. The van der Waals surface area contributed by atoms with Gasteiger partial charge in [0.2, 0.25) is 15.9 Å². The predicted molar refractivity (Wildman–Crippen MR) is 71.8 cm³/mol. The van der Waals surface area contributed by atoms with Crippen LogP contribution in [0.15, 0.2) is 18.2 Å². The molecular formula is C12H13FN2O5S. The molecule has 1 aromatic rings. The van der Waals surface area contributed by atoms with Crippen LogP contribution in [0.4, 0.5) is 10.1 Å². The summed E-state index contributed by atoms with van der Waals surface area (Å²) in [6, 6.07) is 2.99. The third-order valence-corrected chi connectivity index (χ3v) is 4.09. The first-order valence-electron chi connectivity index (χ1n) is 6.01. The molecule has 1 aromatic carbocycles. The smallest absolute Gasteiger partial charge is 0.337 e. The van der Waals surface area contributed by atoms with Crippen molar-refractivity contribution in [2.45, 2.75) is 6.42 Å². The Morgan fingerprint density at radius 3 is 2.71 bits per heavy atom. The fourth-order valence-corrected chi connectivity index (χ4v) is 3.24. The van der Waals surface area contributed by atoms with E-state index in [9.17, 15) is 22.4 Å². The Labute approximate surface area is 120 Å². The molecule has 7 nitrogen and oxygen atoms in total. The lowest BCUT2D eigenvalue weighted by atomic mass is 10.1. The van der Waals surface area contributed by atoms with Gasteiger partial charge in [0.25, 0.3) is 0 Å². The number of amides is 1. The minimum Gasteiger partial charge on any atom is -0.478 e. The minimum absolute atomic E-state index is 0.0149. The maximum atomic E-state index is 13.3. The van der Waals surface area contributed by atoms with Gasteiger partial charge in [0.05, 0.1) is 17.0 Å². The molecule has 1 saturated heterocycles. The fourth-order valence-electron chi connectivity index (χ4n) is 2.36. The first-order valence-corrected chi connectivity index (χ1v) is 7.72. The lowest BCUT2D eigenvalue weighted by Crippen LogP contribution is -2.28. The summed E-state index contributed by atoms with van der Waals surface area (Å²) >= 11 is 0. The molecule has 0 saturated carbocycles. The van der Waals surface area contributed by atoms with Gasteiger partial charge >= 0.3 is 5.97 Å². The molecule has 9 heteroatoms. The molecule has 1 aliphatic heterocycles. The standard InChI is InChI=1S/C12H13FN2O5S/c13-8-1-2-9(12(17)18)10(4-8)15-5-7(3-11(15)16)6-21(14,19)20/h1-2,4,7H,3,5-6H2,(H,17,18)(H2,14,19,20). The number of primary sulfonamides is 1. The third-order valence-electron chi connectivity index (χ3n) is 3.15. The van der Waals surface area contributed by atoms with Gasteiger partial charge < -0.3 is 10.0 Å². The maximum absolute atomic E-state index is 13.3. The molecular weight excluding hydrogens is 303 g/mol. The summed E-state index contributed by atoms with van der Waals surface area (Å²) in [4.78, 5) is 24.1. The summed E-state index contributed by atoms with van der Waals surface area (Å²) in [7, 11) is -3.74. The van der Waals surface area contributed by atoms with E-state index < -0.39 is 33.6 Å². The highest BCUT2D eigenvalue weighted by Gasteiger charge is 2.34. The predicted octanol–water partition coefficient (Wildman–Crippen LogP) is 0.165. The Hall–Kier alpha value is -2.00. The Morgan fingerprint density at radius 2 is 2.14 bits per heavy atom. The van der Waals surface area contributed by atoms with Gasteiger partial charge in [0, 0.05) is 18.9 Å². The normalized spacial score (nSPS) is 19.0. The number of hydrogen-bond donors (Lipinski definition) is 2. The molecule has 1 fully saturated rings. The van der Waals surface area contributed by atoms with E-state index in [1.165, 1.54) is 0 Å². The van der Waals surface area contributed by atoms with Gasteiger partial charge in [-0.05, 0) is 18.2 Å². The Morgan fingerprint density at radius 1 is 1.48 bits per heavy atom. The second-order valence-electron chi connectivity index (χ2n) is 4.87. The van der Waals surface area contributed by atoms with E-state index in [4.69, 9.17) is 10.2 Å². The summed E-state index contributed by atoms with van der Waals surface area (Å²) in [5.74, 6) is -3.37. The van der Waals surface area contributed by atoms with Crippen molar-refractivity contribution in [2.24, 2.45) is 11.1 Å². The molecule has 21 heavy (non-hydrogen) atoms. The third kappa shape index (κ3) is 3.56. The zero-order valence-corrected chi connectivity index (χ0v) is 11.6. The molecule has 3 N–H and O–H groups in total. The van der Waals surface area contributed by atoms with Crippen LogP contribution in [0.25, 0.3) is 0 Å². The number of carboxylic acid groups (broad SMARTS) is 1. The fraction of sp³-hybridized carbons (Fsp3) is 0.333. The highest BCUT2D eigenvalue weighted by atomic mass is 32.2. The van der Waals surface area contributed by atoms with Gasteiger partial charge in [-0.25, -0.2) is 22.7 Å². The molecule has 1 atom stereocenters. The molecule has 0 radical (unpaired) electrons. The number of anilines is 1. The number of benzene rings is 1. The number of sulfonamides is 1. The lowest BCUT2D eigenvalue weighted by molar-refractivity contribution is -0.117. The van der Waals surface area contributed by atoms with Crippen molar-refractivity contribution in [3.8, 4) is 0 Å². The lowest BCUT2D eigenvalue weighted by Gasteiger charge is -2.19. The molecule has 1 heterocycles. The monoisotopic (exact) mass is 316 g/mol. The van der Waals surface area contributed by atoms with Crippen LogP contribution >= 0.6 is 0 Å². The van der Waals surface area contributed by atoms with Crippen molar-refractivity contribution in [3.63, 3.8) is 0 Å². The van der Waals surface area contributed by atoms with Crippen molar-refractivity contribution in [2.75, 3.05) is 17.2 Å². The van der Waals surface area contributed by atoms with Crippen LogP contribution in [0.1, 0.15) is 16.8 Å². The molecule has 0 spiro atoms. The van der Waals surface area contributed by atoms with Gasteiger partial charge in [0.15, 0.2) is 0 Å². The van der Waals surface area contributed by atoms with Crippen LogP contribution in [-0.2, 0) is 14.8 Å². The minimum atomic E-state index is -3.74. The second kappa shape index (κ2) is 5.41. The van der Waals surface area contributed by atoms with Crippen LogP contribution in [0, 0.1) is 11.7 Å². The zero-order chi connectivity index (χ0) is 15.8. The number of nitrogens with zero attached hydrogens (tertiary/aromatic N) is 1. The number of aromatic carboxylic acids is 1. The van der Waals surface area contributed by atoms with E-state index >= 15 is 0 Å². The van der Waals surface area contributed by atoms with Gasteiger partial charge in [-0.1, -0.05) is 0 Å². The van der Waals surface area contributed by atoms with Crippen LogP contribution in [0.2, 0.25) is 0 Å². The largest absolute Gasteiger partial charge is 0.478 e. The van der Waals surface area contributed by atoms with E-state index in [0.29, 0.717) is 0 Å². The van der Waals surface area contributed by atoms with Gasteiger partial charge in [-0.15, -0.1) is 0 Å². The number of hydrogen-bond acceptors (Lipinski definition) is 4. The number of carbonyl (C=O) groups excluding carboxylic acids is 1. The Balaban J connectivity index is 2.33. The van der Waals surface area contributed by atoms with Crippen molar-refractivity contribution < 1.29 is 27.5 Å². The first kappa shape index (κ1) is 15.4. The summed E-state index contributed by atoms with van der Waals surface area (Å²) in [5.41, 5.74) is -0.301. The molecule has 1 aliphatic rings. The SMILES string of the molecule is NS(=O)(=O)CC1CC(=O)N(c2cc(F)ccc2C(=O)O)C1. The molecule has 0 bridgehead atoms. The van der Waals surface area contributed by atoms with E-state index in [2.05, 4.69) is 0 Å². The molecule has 1 amide bonds. The van der Waals surface area contributed by atoms with E-state index in [-0.39, 0.29) is 30.0 Å². The van der Waals surface area contributed by atoms with Crippen LogP contribution in [-0.4, -0.2) is 37.7 Å². The van der Waals surface area contributed by atoms with E-state index in [1.807, 2.05) is 0 Å². The van der Waals surface area contributed by atoms with E-state index in [1.54, 1.807) is 0 Å². The molecule has 2 rings (SSSR count). The first-order chi connectivity index (χ1) is 9.67. The second-order valence-corrected chi connectivity index (χ2v) is 6.53. The Kier molecular flexibility index (Phi) is 3.97. The van der Waals surface area contributed by atoms with Crippen molar-refractivity contribution in [3.05, 3.63) is 29.6 Å². The average molecular weight is 316 g/mol. The quantitative estimate of drug-likeness (QED) is 0.820. The van der Waals surface area contributed by atoms with Gasteiger partial charge in [-0.2, -0.15) is 0 Å². The number of carboxylic acids is 1. The maximum Gasteiger partial charge on any atom is 0.337 e. The summed E-state index contributed by atoms with van der Waals surface area (Å²) in [6.07, 6.45) is -0.0774. The molecule has 0 aliphatic carbocycles. The summed E-state index contributed by atoms with van der Waals surface area (Å²) in [6.45, 7) is -0.0149. The highest BCUT2D eigenvalue weighted by Crippen LogP contribution is 2.29. The average Bonchev–Trinajstić information content (AvgIpc) is 2.66. The molecule has 1 unspecified atom stereocenters. The number of rotatable bonds is 4. The zero-order valence-electron chi connectivity index (χ0n) is 10.8. The van der Waals surface area contributed by atoms with Crippen LogP contribution < -0.4 is 10.0 Å². The van der Waals surface area contributed by atoms with Crippen molar-refractivity contribution in [1.29, 1.82) is 0 Å². The summed E-state index contributed by atoms with van der Waals surface area (Å²) in [5, 5.41) is 14.0. The Bertz CT molecular complexity index is 704. The molecule has 114 valence electrons. The molecule has 0 aromatic heterocycles. The van der Waals surface area contributed by atoms with Gasteiger partial charge in [-0.3, -0.25) is 4.79 Å². The van der Waals surface area contributed by atoms with Crippen molar-refractivity contribution in [1.82, 2.24) is 0 Å². The van der Waals surface area contributed by atoms with E-state index in [0.717, 1.165) is 23.1 Å². The topological polar surface area (TPSA) is 118 Å². The number of nitrogens with two attached hydrogens (primary N) is 1. The number of halogens is 1. The van der Waals surface area contributed by atoms with Crippen LogP contribution in [0.5, 0.6) is 0 Å².